The molecule has 0 radical (unpaired) electrons. The molecule has 0 bridgehead atoms. The van der Waals surface area contributed by atoms with E-state index < -0.39 is 0 Å². The Bertz CT molecular complexity index is 429. The van der Waals surface area contributed by atoms with Crippen molar-refractivity contribution in [2.45, 2.75) is 53.0 Å². The molecule has 4 heteroatoms. The number of unbranched alkanes of at least 4 members (excludes halogenated alkanes) is 1. The number of aliphatic imine (C=N–C) groups is 1. The molecule has 1 rings (SSSR count). The second kappa shape index (κ2) is 10.2. The van der Waals surface area contributed by atoms with E-state index >= 15 is 0 Å². The molecule has 0 saturated carbocycles. The number of nitrogens with one attached hydrogen (secondary N) is 2. The van der Waals surface area contributed by atoms with Crippen LogP contribution in [0.2, 0.25) is 0 Å². The summed E-state index contributed by atoms with van der Waals surface area (Å²) in [5.74, 6) is 1.58. The van der Waals surface area contributed by atoms with Crippen molar-refractivity contribution in [3.8, 4) is 0 Å². The molecule has 0 saturated heterocycles. The summed E-state index contributed by atoms with van der Waals surface area (Å²) < 4.78 is 0. The lowest BCUT2D eigenvalue weighted by Gasteiger charge is -2.18. The maximum absolute atomic E-state index is 4.39. The molecule has 0 fully saturated rings. The van der Waals surface area contributed by atoms with Gasteiger partial charge in [-0.2, -0.15) is 0 Å². The van der Waals surface area contributed by atoms with E-state index in [0.717, 1.165) is 24.1 Å². The van der Waals surface area contributed by atoms with E-state index in [4.69, 9.17) is 0 Å². The first-order valence-corrected chi connectivity index (χ1v) is 8.06. The van der Waals surface area contributed by atoms with Crippen molar-refractivity contribution in [3.05, 3.63) is 29.6 Å². The first kappa shape index (κ1) is 17.5. The maximum Gasteiger partial charge on any atom is 0.191 e. The SMILES string of the molecule is CCCCC(CC)CNC(=NC)NCc1ncccc1C. The molecule has 1 heterocycles. The highest BCUT2D eigenvalue weighted by Crippen LogP contribution is 2.11. The van der Waals surface area contributed by atoms with Crippen LogP contribution in [0, 0.1) is 12.8 Å². The number of hydrogen-bond donors (Lipinski definition) is 2. The normalized spacial score (nSPS) is 13.0. The number of aromatic nitrogens is 1. The minimum absolute atomic E-state index is 0.706. The van der Waals surface area contributed by atoms with Gasteiger partial charge in [0.25, 0.3) is 0 Å². The zero-order valence-corrected chi connectivity index (χ0v) is 13.9. The summed E-state index contributed by atoms with van der Waals surface area (Å²) in [7, 11) is 1.81. The highest BCUT2D eigenvalue weighted by atomic mass is 15.2. The zero-order chi connectivity index (χ0) is 15.5. The first-order valence-electron chi connectivity index (χ1n) is 8.06. The summed E-state index contributed by atoms with van der Waals surface area (Å²) in [6, 6.07) is 4.05. The van der Waals surface area contributed by atoms with Gasteiger partial charge in [-0.1, -0.05) is 39.2 Å². The van der Waals surface area contributed by atoms with Gasteiger partial charge in [-0.3, -0.25) is 9.98 Å². The van der Waals surface area contributed by atoms with E-state index in [1.165, 1.54) is 31.2 Å². The molecule has 0 aliphatic rings. The fourth-order valence-electron chi connectivity index (χ4n) is 2.28. The summed E-state index contributed by atoms with van der Waals surface area (Å²) in [4.78, 5) is 8.68. The topological polar surface area (TPSA) is 49.3 Å². The van der Waals surface area contributed by atoms with E-state index in [2.05, 4.69) is 47.4 Å². The van der Waals surface area contributed by atoms with Gasteiger partial charge in [0.1, 0.15) is 0 Å². The molecule has 0 amide bonds. The molecular formula is C17H30N4. The van der Waals surface area contributed by atoms with Crippen molar-refractivity contribution in [1.29, 1.82) is 0 Å². The van der Waals surface area contributed by atoms with Crippen molar-refractivity contribution in [1.82, 2.24) is 15.6 Å². The lowest BCUT2D eigenvalue weighted by atomic mass is 9.99. The van der Waals surface area contributed by atoms with Gasteiger partial charge < -0.3 is 10.6 Å². The van der Waals surface area contributed by atoms with Crippen LogP contribution in [0.25, 0.3) is 0 Å². The third-order valence-electron chi connectivity index (χ3n) is 3.87. The van der Waals surface area contributed by atoms with Crippen LogP contribution in [-0.2, 0) is 6.54 Å². The Hall–Kier alpha value is -1.58. The van der Waals surface area contributed by atoms with Crippen LogP contribution in [0.15, 0.2) is 23.3 Å². The number of pyridine rings is 1. The monoisotopic (exact) mass is 290 g/mol. The smallest absolute Gasteiger partial charge is 0.191 e. The molecule has 1 aromatic rings. The first-order chi connectivity index (χ1) is 10.2. The molecule has 0 aromatic carbocycles. The second-order valence-electron chi connectivity index (χ2n) is 5.49. The predicted octanol–water partition coefficient (Wildman–Crippen LogP) is 3.27. The molecular weight excluding hydrogens is 260 g/mol. The number of nitrogens with zero attached hydrogens (tertiary/aromatic N) is 2. The minimum atomic E-state index is 0.706. The molecule has 1 aromatic heterocycles. The van der Waals surface area contributed by atoms with Crippen LogP contribution in [0.3, 0.4) is 0 Å². The van der Waals surface area contributed by atoms with Crippen LogP contribution in [-0.4, -0.2) is 24.5 Å². The Balaban J connectivity index is 2.40. The van der Waals surface area contributed by atoms with Crippen molar-refractivity contribution in [3.63, 3.8) is 0 Å². The van der Waals surface area contributed by atoms with Gasteiger partial charge >= 0.3 is 0 Å². The van der Waals surface area contributed by atoms with E-state index in [-0.39, 0.29) is 0 Å². The average molecular weight is 290 g/mol. The number of aryl methyl sites for hydroxylation is 1. The van der Waals surface area contributed by atoms with Crippen molar-refractivity contribution >= 4 is 5.96 Å². The lowest BCUT2D eigenvalue weighted by Crippen LogP contribution is -2.39. The highest BCUT2D eigenvalue weighted by Gasteiger charge is 2.07. The summed E-state index contributed by atoms with van der Waals surface area (Å²) in [6.45, 7) is 8.28. The molecule has 2 N–H and O–H groups in total. The highest BCUT2D eigenvalue weighted by molar-refractivity contribution is 5.79. The van der Waals surface area contributed by atoms with Crippen LogP contribution in [0.1, 0.15) is 50.8 Å². The van der Waals surface area contributed by atoms with Crippen molar-refractivity contribution in [2.75, 3.05) is 13.6 Å². The van der Waals surface area contributed by atoms with E-state index in [1.54, 1.807) is 0 Å². The zero-order valence-electron chi connectivity index (χ0n) is 13.9. The molecule has 4 nitrogen and oxygen atoms in total. The predicted molar refractivity (Wildman–Crippen MR) is 90.5 cm³/mol. The standard InChI is InChI=1S/C17H30N4/c1-5-7-10-15(6-2)12-20-17(18-4)21-13-16-14(3)9-8-11-19-16/h8-9,11,15H,5-7,10,12-13H2,1-4H3,(H2,18,20,21). The van der Waals surface area contributed by atoms with E-state index in [0.29, 0.717) is 6.54 Å². The van der Waals surface area contributed by atoms with E-state index in [9.17, 15) is 0 Å². The Labute approximate surface area is 129 Å². The molecule has 0 spiro atoms. The van der Waals surface area contributed by atoms with Gasteiger partial charge in [0.05, 0.1) is 12.2 Å². The quantitative estimate of drug-likeness (QED) is 0.570. The summed E-state index contributed by atoms with van der Waals surface area (Å²) >= 11 is 0. The molecule has 0 aliphatic heterocycles. The fourth-order valence-corrected chi connectivity index (χ4v) is 2.28. The Morgan fingerprint density at radius 1 is 1.33 bits per heavy atom. The average Bonchev–Trinajstić information content (AvgIpc) is 2.51. The molecule has 1 unspecified atom stereocenters. The second-order valence-corrected chi connectivity index (χ2v) is 5.49. The molecule has 0 aliphatic carbocycles. The van der Waals surface area contributed by atoms with Gasteiger partial charge in [-0.05, 0) is 30.9 Å². The van der Waals surface area contributed by atoms with E-state index in [1.807, 2.05) is 19.3 Å². The maximum atomic E-state index is 4.39. The number of hydrogen-bond acceptors (Lipinski definition) is 2. The number of rotatable bonds is 8. The van der Waals surface area contributed by atoms with Gasteiger partial charge in [0.15, 0.2) is 5.96 Å². The number of guanidine groups is 1. The van der Waals surface area contributed by atoms with Crippen molar-refractivity contribution < 1.29 is 0 Å². The fraction of sp³-hybridized carbons (Fsp3) is 0.647. The van der Waals surface area contributed by atoms with Crippen LogP contribution >= 0.6 is 0 Å². The summed E-state index contributed by atoms with van der Waals surface area (Å²) in [5.41, 5.74) is 2.27. The Morgan fingerprint density at radius 2 is 2.14 bits per heavy atom. The third-order valence-corrected chi connectivity index (χ3v) is 3.87. The van der Waals surface area contributed by atoms with Gasteiger partial charge in [0, 0.05) is 19.8 Å². The van der Waals surface area contributed by atoms with Gasteiger partial charge in [0.2, 0.25) is 0 Å². The third kappa shape index (κ3) is 6.61. The van der Waals surface area contributed by atoms with Crippen LogP contribution < -0.4 is 10.6 Å². The van der Waals surface area contributed by atoms with Crippen LogP contribution in [0.5, 0.6) is 0 Å². The Kier molecular flexibility index (Phi) is 8.48. The largest absolute Gasteiger partial charge is 0.356 e. The van der Waals surface area contributed by atoms with Gasteiger partial charge in [-0.15, -0.1) is 0 Å². The molecule has 21 heavy (non-hydrogen) atoms. The van der Waals surface area contributed by atoms with Crippen molar-refractivity contribution in [2.24, 2.45) is 10.9 Å². The minimum Gasteiger partial charge on any atom is -0.356 e. The Morgan fingerprint density at radius 3 is 2.76 bits per heavy atom. The lowest BCUT2D eigenvalue weighted by molar-refractivity contribution is 0.443. The van der Waals surface area contributed by atoms with Crippen LogP contribution in [0.4, 0.5) is 0 Å². The summed E-state index contributed by atoms with van der Waals surface area (Å²) in [5, 5.41) is 6.77. The molecule has 1 atom stereocenters. The van der Waals surface area contributed by atoms with Gasteiger partial charge in [-0.25, -0.2) is 0 Å². The molecule has 118 valence electrons. The summed E-state index contributed by atoms with van der Waals surface area (Å²) in [6.07, 6.45) is 6.90.